The molecule has 40 heavy (non-hydrogen) atoms. The molecule has 0 N–H and O–H groups in total. The fourth-order valence-corrected chi connectivity index (χ4v) is 6.17. The SMILES string of the molecule is CCCC1=C(C(=O)OCC)[C@H](c2cc(Br)ccc2OC)n2c(s/c(=C/c3ccc(-c4ccc(Cl)cc4)o3)c2=O)=N1. The van der Waals surface area contributed by atoms with Crippen molar-refractivity contribution in [1.82, 2.24) is 4.57 Å². The third-order valence-electron chi connectivity index (χ3n) is 6.41. The van der Waals surface area contributed by atoms with E-state index in [1.165, 1.54) is 11.3 Å². The van der Waals surface area contributed by atoms with E-state index in [2.05, 4.69) is 15.9 Å². The molecule has 1 aliphatic rings. The van der Waals surface area contributed by atoms with Gasteiger partial charge in [-0.2, -0.15) is 0 Å². The summed E-state index contributed by atoms with van der Waals surface area (Å²) in [5.74, 6) is 1.21. The summed E-state index contributed by atoms with van der Waals surface area (Å²) in [6, 6.07) is 15.7. The Morgan fingerprint density at radius 1 is 1.18 bits per heavy atom. The first kappa shape index (κ1) is 28.1. The quantitative estimate of drug-likeness (QED) is 0.212. The number of rotatable bonds is 8. The van der Waals surface area contributed by atoms with Crippen molar-refractivity contribution in [2.24, 2.45) is 4.99 Å². The normalized spacial score (nSPS) is 15.1. The van der Waals surface area contributed by atoms with E-state index in [0.717, 1.165) is 16.5 Å². The third-order valence-corrected chi connectivity index (χ3v) is 8.14. The summed E-state index contributed by atoms with van der Waals surface area (Å²) in [6.45, 7) is 3.97. The lowest BCUT2D eigenvalue weighted by molar-refractivity contribution is -0.139. The zero-order valence-corrected chi connectivity index (χ0v) is 25.2. The van der Waals surface area contributed by atoms with Crippen molar-refractivity contribution in [3.05, 3.63) is 106 Å². The smallest absolute Gasteiger partial charge is 0.338 e. The van der Waals surface area contributed by atoms with Crippen molar-refractivity contribution in [3.8, 4) is 17.1 Å². The Hall–Kier alpha value is -3.40. The molecule has 0 unspecified atom stereocenters. The largest absolute Gasteiger partial charge is 0.496 e. The van der Waals surface area contributed by atoms with Crippen molar-refractivity contribution in [1.29, 1.82) is 0 Å². The Labute approximate surface area is 248 Å². The number of aromatic nitrogens is 1. The number of furan rings is 1. The summed E-state index contributed by atoms with van der Waals surface area (Å²) in [5.41, 5.74) is 2.16. The topological polar surface area (TPSA) is 83.0 Å². The molecule has 2 aromatic carbocycles. The Kier molecular flexibility index (Phi) is 8.44. The van der Waals surface area contributed by atoms with Crippen LogP contribution in [0, 0.1) is 0 Å². The molecule has 5 rings (SSSR count). The summed E-state index contributed by atoms with van der Waals surface area (Å²) >= 11 is 10.8. The van der Waals surface area contributed by atoms with Crippen molar-refractivity contribution in [2.75, 3.05) is 13.7 Å². The summed E-state index contributed by atoms with van der Waals surface area (Å²) in [7, 11) is 1.56. The number of esters is 1. The average molecular weight is 642 g/mol. The van der Waals surface area contributed by atoms with E-state index in [1.54, 1.807) is 42.9 Å². The zero-order chi connectivity index (χ0) is 28.4. The van der Waals surface area contributed by atoms with E-state index < -0.39 is 12.0 Å². The number of allylic oxidation sites excluding steroid dienone is 1. The van der Waals surface area contributed by atoms with Gasteiger partial charge in [-0.05, 0) is 67.9 Å². The summed E-state index contributed by atoms with van der Waals surface area (Å²) in [4.78, 5) is 32.7. The van der Waals surface area contributed by atoms with Crippen LogP contribution < -0.4 is 19.6 Å². The summed E-state index contributed by atoms with van der Waals surface area (Å²) in [6.07, 6.45) is 3.01. The Bertz CT molecular complexity index is 1790. The molecule has 0 spiro atoms. The Morgan fingerprint density at radius 2 is 1.95 bits per heavy atom. The minimum Gasteiger partial charge on any atom is -0.496 e. The van der Waals surface area contributed by atoms with Gasteiger partial charge >= 0.3 is 5.97 Å². The van der Waals surface area contributed by atoms with Gasteiger partial charge in [0.25, 0.3) is 5.56 Å². The van der Waals surface area contributed by atoms with E-state index in [0.29, 0.717) is 54.9 Å². The van der Waals surface area contributed by atoms with Crippen LogP contribution in [0.15, 0.2) is 84.5 Å². The summed E-state index contributed by atoms with van der Waals surface area (Å²) in [5, 5.41) is 0.637. The van der Waals surface area contributed by atoms with Crippen LogP contribution in [-0.2, 0) is 9.53 Å². The highest BCUT2D eigenvalue weighted by Crippen LogP contribution is 2.38. The highest BCUT2D eigenvalue weighted by molar-refractivity contribution is 9.10. The van der Waals surface area contributed by atoms with Crippen LogP contribution in [0.2, 0.25) is 5.02 Å². The van der Waals surface area contributed by atoms with Gasteiger partial charge in [-0.15, -0.1) is 0 Å². The van der Waals surface area contributed by atoms with Crippen LogP contribution in [0.1, 0.15) is 44.1 Å². The van der Waals surface area contributed by atoms with Crippen LogP contribution in [0.25, 0.3) is 17.4 Å². The molecular formula is C30H26BrClN2O5S. The second-order valence-corrected chi connectivity index (χ2v) is 11.4. The minimum absolute atomic E-state index is 0.197. The van der Waals surface area contributed by atoms with Crippen LogP contribution in [0.3, 0.4) is 0 Å². The molecule has 0 saturated heterocycles. The van der Waals surface area contributed by atoms with Crippen LogP contribution in [-0.4, -0.2) is 24.3 Å². The van der Waals surface area contributed by atoms with Gasteiger partial charge in [-0.3, -0.25) is 9.36 Å². The van der Waals surface area contributed by atoms with Crippen molar-refractivity contribution < 1.29 is 18.7 Å². The van der Waals surface area contributed by atoms with Gasteiger partial charge in [0, 0.05) is 26.7 Å². The maximum Gasteiger partial charge on any atom is 0.338 e. The molecule has 1 aliphatic heterocycles. The first-order chi connectivity index (χ1) is 19.3. The van der Waals surface area contributed by atoms with Gasteiger partial charge in [0.05, 0.1) is 29.5 Å². The molecule has 206 valence electrons. The minimum atomic E-state index is -0.785. The number of carbonyl (C=O) groups is 1. The molecule has 0 aliphatic carbocycles. The Balaban J connectivity index is 1.71. The second-order valence-electron chi connectivity index (χ2n) is 9.01. The number of ether oxygens (including phenoxy) is 2. The van der Waals surface area contributed by atoms with Gasteiger partial charge < -0.3 is 13.9 Å². The lowest BCUT2D eigenvalue weighted by Gasteiger charge is -2.27. The molecule has 7 nitrogen and oxygen atoms in total. The molecule has 2 aromatic heterocycles. The number of fused-ring (bicyclic) bond motifs is 1. The molecule has 1 atom stereocenters. The monoisotopic (exact) mass is 640 g/mol. The van der Waals surface area contributed by atoms with E-state index in [-0.39, 0.29) is 12.2 Å². The second kappa shape index (κ2) is 12.0. The third kappa shape index (κ3) is 5.46. The number of nitrogens with zero attached hydrogens (tertiary/aromatic N) is 2. The van der Waals surface area contributed by atoms with Crippen LogP contribution >= 0.6 is 38.9 Å². The molecule has 10 heteroatoms. The van der Waals surface area contributed by atoms with Gasteiger partial charge in [0.1, 0.15) is 23.3 Å². The number of hydrogen-bond donors (Lipinski definition) is 0. The number of halogens is 2. The zero-order valence-electron chi connectivity index (χ0n) is 22.1. The number of benzene rings is 2. The maximum atomic E-state index is 14.0. The molecule has 0 fully saturated rings. The van der Waals surface area contributed by atoms with Crippen molar-refractivity contribution >= 4 is 50.9 Å². The average Bonchev–Trinajstić information content (AvgIpc) is 3.53. The number of hydrogen-bond acceptors (Lipinski definition) is 7. The standard InChI is InChI=1S/C30H26BrClN2O5S/c1-4-6-22-26(29(36)38-5-2)27(21-15-18(31)9-13-24(21)37-3)34-28(35)25(40-30(34)33-22)16-20-12-14-23(39-20)17-7-10-19(32)11-8-17/h7-16,27H,4-6H2,1-3H3/b25-16+/t27-/m0/s1. The number of thiazole rings is 1. The van der Waals surface area contributed by atoms with Gasteiger partial charge in [0.15, 0.2) is 4.80 Å². The first-order valence-electron chi connectivity index (χ1n) is 12.8. The number of methoxy groups -OCH3 is 1. The maximum absolute atomic E-state index is 14.0. The van der Waals surface area contributed by atoms with Crippen LogP contribution in [0.4, 0.5) is 0 Å². The molecule has 4 aromatic rings. The predicted octanol–water partition coefficient (Wildman–Crippen LogP) is 6.26. The van der Waals surface area contributed by atoms with Gasteiger partial charge in [-0.25, -0.2) is 9.79 Å². The highest BCUT2D eigenvalue weighted by atomic mass is 79.9. The summed E-state index contributed by atoms with van der Waals surface area (Å²) < 4.78 is 19.9. The fourth-order valence-electron chi connectivity index (χ4n) is 4.66. The van der Waals surface area contributed by atoms with E-state index in [4.69, 9.17) is 30.5 Å². The first-order valence-corrected chi connectivity index (χ1v) is 14.7. The van der Waals surface area contributed by atoms with E-state index >= 15 is 0 Å². The Morgan fingerprint density at radius 3 is 2.65 bits per heavy atom. The molecule has 0 bridgehead atoms. The van der Waals surface area contributed by atoms with Crippen molar-refractivity contribution in [2.45, 2.75) is 32.7 Å². The van der Waals surface area contributed by atoms with Gasteiger partial charge in [-0.1, -0.05) is 52.2 Å². The lowest BCUT2D eigenvalue weighted by Crippen LogP contribution is -2.40. The predicted molar refractivity (Wildman–Crippen MR) is 159 cm³/mol. The highest BCUT2D eigenvalue weighted by Gasteiger charge is 2.36. The lowest BCUT2D eigenvalue weighted by atomic mass is 9.93. The fraction of sp³-hybridized carbons (Fsp3) is 0.233. The molecule has 0 amide bonds. The molecule has 3 heterocycles. The molecule has 0 saturated carbocycles. The van der Waals surface area contributed by atoms with E-state index in [1.807, 2.05) is 43.3 Å². The number of carbonyl (C=O) groups excluding carboxylic acids is 1. The van der Waals surface area contributed by atoms with Crippen molar-refractivity contribution in [3.63, 3.8) is 0 Å². The van der Waals surface area contributed by atoms with Crippen LogP contribution in [0.5, 0.6) is 5.75 Å². The molecular weight excluding hydrogens is 616 g/mol. The molecule has 0 radical (unpaired) electrons. The van der Waals surface area contributed by atoms with Gasteiger partial charge in [0.2, 0.25) is 0 Å². The van der Waals surface area contributed by atoms with E-state index in [9.17, 15) is 9.59 Å².